The van der Waals surface area contributed by atoms with E-state index in [2.05, 4.69) is 46.3 Å². The normalized spacial score (nSPS) is 15.6. The van der Waals surface area contributed by atoms with Crippen LogP contribution < -0.4 is 4.90 Å². The Kier molecular flexibility index (Phi) is 3.42. The first-order valence-corrected chi connectivity index (χ1v) is 8.43. The molecule has 22 heavy (non-hydrogen) atoms. The number of nitrogens with zero attached hydrogens (tertiary/aromatic N) is 3. The van der Waals surface area contributed by atoms with E-state index in [0.717, 1.165) is 24.3 Å². The standard InChI is InChI=1S/C17H17N3OS/c1-12(16-18-19-17(21-16)15-9-5-11-22-15)20-10-4-7-13-6-2-3-8-14(13)20/h2-3,5-6,8-9,11-12H,4,7,10H2,1H3. The van der Waals surface area contributed by atoms with Crippen molar-refractivity contribution in [3.05, 3.63) is 53.2 Å². The van der Waals surface area contributed by atoms with E-state index in [0.29, 0.717) is 11.8 Å². The highest BCUT2D eigenvalue weighted by molar-refractivity contribution is 7.13. The van der Waals surface area contributed by atoms with E-state index < -0.39 is 0 Å². The molecule has 1 aliphatic heterocycles. The molecule has 3 heterocycles. The van der Waals surface area contributed by atoms with E-state index in [1.54, 1.807) is 11.3 Å². The smallest absolute Gasteiger partial charge is 0.257 e. The fourth-order valence-corrected chi connectivity index (χ4v) is 3.65. The molecule has 0 aliphatic carbocycles. The minimum Gasteiger partial charge on any atom is -0.418 e. The Morgan fingerprint density at radius 3 is 2.95 bits per heavy atom. The maximum Gasteiger partial charge on any atom is 0.257 e. The first-order valence-electron chi connectivity index (χ1n) is 7.55. The summed E-state index contributed by atoms with van der Waals surface area (Å²) in [5.41, 5.74) is 2.69. The Balaban J connectivity index is 1.64. The first kappa shape index (κ1) is 13.5. The van der Waals surface area contributed by atoms with Crippen LogP contribution in [0, 0.1) is 0 Å². The lowest BCUT2D eigenvalue weighted by molar-refractivity contribution is 0.449. The van der Waals surface area contributed by atoms with Crippen molar-refractivity contribution in [1.29, 1.82) is 0 Å². The van der Waals surface area contributed by atoms with Crippen LogP contribution in [0.15, 0.2) is 46.2 Å². The SMILES string of the molecule is CC(c1nnc(-c2cccs2)o1)N1CCCc2ccccc21. The van der Waals surface area contributed by atoms with Gasteiger partial charge in [0.1, 0.15) is 6.04 Å². The second-order valence-electron chi connectivity index (χ2n) is 5.52. The molecule has 5 heteroatoms. The van der Waals surface area contributed by atoms with Gasteiger partial charge in [-0.1, -0.05) is 24.3 Å². The van der Waals surface area contributed by atoms with Crippen molar-refractivity contribution in [3.8, 4) is 10.8 Å². The minimum absolute atomic E-state index is 0.0858. The summed E-state index contributed by atoms with van der Waals surface area (Å²) in [6, 6.07) is 12.7. The molecule has 3 aromatic rings. The van der Waals surface area contributed by atoms with Gasteiger partial charge in [0.2, 0.25) is 5.89 Å². The van der Waals surface area contributed by atoms with Crippen molar-refractivity contribution in [3.63, 3.8) is 0 Å². The van der Waals surface area contributed by atoms with Crippen molar-refractivity contribution in [2.24, 2.45) is 0 Å². The zero-order valence-corrected chi connectivity index (χ0v) is 13.2. The van der Waals surface area contributed by atoms with Gasteiger partial charge in [0.05, 0.1) is 4.88 Å². The van der Waals surface area contributed by atoms with Gasteiger partial charge in [-0.3, -0.25) is 0 Å². The highest BCUT2D eigenvalue weighted by Crippen LogP contribution is 2.34. The average molecular weight is 311 g/mol. The number of benzene rings is 1. The molecule has 0 saturated heterocycles. The third-order valence-electron chi connectivity index (χ3n) is 4.14. The molecule has 0 amide bonds. The molecule has 1 aliphatic rings. The van der Waals surface area contributed by atoms with Crippen LogP contribution in [-0.2, 0) is 6.42 Å². The van der Waals surface area contributed by atoms with Crippen LogP contribution >= 0.6 is 11.3 Å². The van der Waals surface area contributed by atoms with Crippen molar-refractivity contribution in [2.45, 2.75) is 25.8 Å². The number of hydrogen-bond donors (Lipinski definition) is 0. The van der Waals surface area contributed by atoms with Crippen LogP contribution in [0.4, 0.5) is 5.69 Å². The van der Waals surface area contributed by atoms with Gasteiger partial charge < -0.3 is 9.32 Å². The highest BCUT2D eigenvalue weighted by Gasteiger charge is 2.26. The largest absolute Gasteiger partial charge is 0.418 e. The van der Waals surface area contributed by atoms with Crippen LogP contribution in [0.5, 0.6) is 0 Å². The van der Waals surface area contributed by atoms with Gasteiger partial charge in [-0.2, -0.15) is 0 Å². The summed E-state index contributed by atoms with van der Waals surface area (Å²) in [4.78, 5) is 3.38. The quantitative estimate of drug-likeness (QED) is 0.723. The number of hydrogen-bond acceptors (Lipinski definition) is 5. The van der Waals surface area contributed by atoms with E-state index in [1.807, 2.05) is 17.5 Å². The van der Waals surface area contributed by atoms with E-state index in [4.69, 9.17) is 4.42 Å². The number of rotatable bonds is 3. The van der Waals surface area contributed by atoms with Gasteiger partial charge in [-0.05, 0) is 42.8 Å². The number of thiophene rings is 1. The number of anilines is 1. The molecule has 0 saturated carbocycles. The number of aromatic nitrogens is 2. The average Bonchev–Trinajstić information content (AvgIpc) is 3.24. The number of aryl methyl sites for hydroxylation is 1. The lowest BCUT2D eigenvalue weighted by Crippen LogP contribution is -2.32. The molecule has 1 unspecified atom stereocenters. The zero-order chi connectivity index (χ0) is 14.9. The van der Waals surface area contributed by atoms with Crippen molar-refractivity contribution >= 4 is 17.0 Å². The molecule has 4 nitrogen and oxygen atoms in total. The predicted molar refractivity (Wildman–Crippen MR) is 88.1 cm³/mol. The monoisotopic (exact) mass is 311 g/mol. The van der Waals surface area contributed by atoms with Gasteiger partial charge in [0.25, 0.3) is 5.89 Å². The first-order chi connectivity index (χ1) is 10.8. The zero-order valence-electron chi connectivity index (χ0n) is 12.4. The summed E-state index contributed by atoms with van der Waals surface area (Å²) in [6.45, 7) is 3.16. The Bertz CT molecular complexity index is 766. The van der Waals surface area contributed by atoms with Crippen LogP contribution in [0.3, 0.4) is 0 Å². The third-order valence-corrected chi connectivity index (χ3v) is 5.00. The van der Waals surface area contributed by atoms with Crippen LogP contribution in [0.25, 0.3) is 10.8 Å². The van der Waals surface area contributed by atoms with E-state index >= 15 is 0 Å². The summed E-state index contributed by atoms with van der Waals surface area (Å²) in [7, 11) is 0. The van der Waals surface area contributed by atoms with E-state index in [-0.39, 0.29) is 6.04 Å². The second-order valence-corrected chi connectivity index (χ2v) is 6.47. The Morgan fingerprint density at radius 1 is 1.18 bits per heavy atom. The summed E-state index contributed by atoms with van der Waals surface area (Å²) in [6.07, 6.45) is 2.30. The fourth-order valence-electron chi connectivity index (χ4n) is 3.00. The summed E-state index contributed by atoms with van der Waals surface area (Å²) < 4.78 is 5.90. The van der Waals surface area contributed by atoms with Gasteiger partial charge in [-0.25, -0.2) is 0 Å². The summed E-state index contributed by atoms with van der Waals surface area (Å²) in [5.74, 6) is 1.29. The molecule has 4 rings (SSSR count). The van der Waals surface area contributed by atoms with Crippen molar-refractivity contribution in [1.82, 2.24) is 10.2 Å². The Labute approximate surface area is 133 Å². The van der Waals surface area contributed by atoms with Gasteiger partial charge in [0.15, 0.2) is 0 Å². The van der Waals surface area contributed by atoms with Crippen molar-refractivity contribution in [2.75, 3.05) is 11.4 Å². The molecule has 112 valence electrons. The lowest BCUT2D eigenvalue weighted by atomic mass is 10.0. The maximum atomic E-state index is 5.90. The third kappa shape index (κ3) is 2.31. The Hall–Kier alpha value is -2.14. The summed E-state index contributed by atoms with van der Waals surface area (Å²) in [5, 5.41) is 10.5. The molecule has 0 bridgehead atoms. The molecule has 0 spiro atoms. The highest BCUT2D eigenvalue weighted by atomic mass is 32.1. The topological polar surface area (TPSA) is 42.2 Å². The number of fused-ring (bicyclic) bond motifs is 1. The van der Waals surface area contributed by atoms with Crippen LogP contribution in [-0.4, -0.2) is 16.7 Å². The maximum absolute atomic E-state index is 5.90. The number of para-hydroxylation sites is 1. The second kappa shape index (κ2) is 5.57. The molecule has 1 atom stereocenters. The van der Waals surface area contributed by atoms with E-state index in [1.165, 1.54) is 11.3 Å². The Morgan fingerprint density at radius 2 is 2.09 bits per heavy atom. The molecule has 0 radical (unpaired) electrons. The van der Waals surface area contributed by atoms with Crippen LogP contribution in [0.2, 0.25) is 0 Å². The predicted octanol–water partition coefficient (Wildman–Crippen LogP) is 4.31. The van der Waals surface area contributed by atoms with Gasteiger partial charge in [0, 0.05) is 12.2 Å². The van der Waals surface area contributed by atoms with Gasteiger partial charge >= 0.3 is 0 Å². The summed E-state index contributed by atoms with van der Waals surface area (Å²) >= 11 is 1.62. The molecular weight excluding hydrogens is 294 g/mol. The minimum atomic E-state index is 0.0858. The lowest BCUT2D eigenvalue weighted by Gasteiger charge is -2.34. The molecule has 1 aromatic carbocycles. The molecule has 0 N–H and O–H groups in total. The van der Waals surface area contributed by atoms with Crippen LogP contribution in [0.1, 0.15) is 30.8 Å². The van der Waals surface area contributed by atoms with Crippen molar-refractivity contribution < 1.29 is 4.42 Å². The molecule has 2 aromatic heterocycles. The molecular formula is C17H17N3OS. The van der Waals surface area contributed by atoms with Gasteiger partial charge in [-0.15, -0.1) is 21.5 Å². The molecule has 0 fully saturated rings. The van der Waals surface area contributed by atoms with E-state index in [9.17, 15) is 0 Å². The fraction of sp³-hybridized carbons (Fsp3) is 0.294.